The van der Waals surface area contributed by atoms with E-state index in [1.165, 1.54) is 6.20 Å². The summed E-state index contributed by atoms with van der Waals surface area (Å²) < 4.78 is 0. The fourth-order valence-electron chi connectivity index (χ4n) is 1.20. The zero-order valence-corrected chi connectivity index (χ0v) is 6.86. The molecule has 0 spiro atoms. The molecular weight excluding hydrogens is 162 g/mol. The van der Waals surface area contributed by atoms with Crippen LogP contribution in [0.2, 0.25) is 0 Å². The van der Waals surface area contributed by atoms with Gasteiger partial charge in [-0.2, -0.15) is 10.4 Å². The van der Waals surface area contributed by atoms with Gasteiger partial charge in [0.2, 0.25) is 0 Å². The highest BCUT2D eigenvalue weighted by Crippen LogP contribution is 2.19. The minimum absolute atomic E-state index is 0.575. The first-order valence-corrected chi connectivity index (χ1v) is 3.90. The van der Waals surface area contributed by atoms with E-state index < -0.39 is 0 Å². The van der Waals surface area contributed by atoms with Crippen LogP contribution in [0.1, 0.15) is 5.56 Å². The lowest BCUT2D eigenvalue weighted by Crippen LogP contribution is -1.80. The van der Waals surface area contributed by atoms with Crippen LogP contribution in [0.3, 0.4) is 0 Å². The van der Waals surface area contributed by atoms with Gasteiger partial charge in [-0.1, -0.05) is 30.3 Å². The summed E-state index contributed by atoms with van der Waals surface area (Å²) in [6, 6.07) is 11.8. The summed E-state index contributed by atoms with van der Waals surface area (Å²) in [5.74, 6) is 0. The zero-order chi connectivity index (χ0) is 9.10. The van der Waals surface area contributed by atoms with Crippen molar-refractivity contribution >= 4 is 0 Å². The second kappa shape index (κ2) is 3.11. The van der Waals surface area contributed by atoms with Crippen LogP contribution < -0.4 is 0 Å². The summed E-state index contributed by atoms with van der Waals surface area (Å²) in [6.45, 7) is 0. The van der Waals surface area contributed by atoms with Crippen molar-refractivity contribution in [1.82, 2.24) is 10.2 Å². The predicted molar refractivity (Wildman–Crippen MR) is 48.7 cm³/mol. The normalized spacial score (nSPS) is 9.46. The SMILES string of the molecule is N#Cc1cn[nH]c1-c1ccccc1. The number of benzene rings is 1. The maximum Gasteiger partial charge on any atom is 0.103 e. The third-order valence-electron chi connectivity index (χ3n) is 1.82. The maximum atomic E-state index is 8.76. The number of hydrogen-bond donors (Lipinski definition) is 1. The van der Waals surface area contributed by atoms with E-state index in [0.29, 0.717) is 5.56 Å². The van der Waals surface area contributed by atoms with Gasteiger partial charge in [0.25, 0.3) is 0 Å². The molecule has 0 bridgehead atoms. The Hall–Kier alpha value is -2.08. The van der Waals surface area contributed by atoms with Crippen LogP contribution in [0, 0.1) is 11.3 Å². The predicted octanol–water partition coefficient (Wildman–Crippen LogP) is 1.95. The highest BCUT2D eigenvalue weighted by atomic mass is 15.1. The van der Waals surface area contributed by atoms with Crippen molar-refractivity contribution < 1.29 is 0 Å². The molecule has 0 fully saturated rings. The molecule has 0 amide bonds. The molecule has 0 saturated heterocycles. The molecule has 2 aromatic rings. The van der Waals surface area contributed by atoms with Gasteiger partial charge in [-0.25, -0.2) is 0 Å². The molecular formula is C10H7N3. The van der Waals surface area contributed by atoms with Crippen LogP contribution in [0.4, 0.5) is 0 Å². The number of aromatic amines is 1. The molecule has 3 nitrogen and oxygen atoms in total. The standard InChI is InChI=1S/C10H7N3/c11-6-9-7-12-13-10(9)8-4-2-1-3-5-8/h1-5,7H,(H,12,13). The van der Waals surface area contributed by atoms with E-state index in [1.807, 2.05) is 30.3 Å². The number of hydrogen-bond acceptors (Lipinski definition) is 2. The van der Waals surface area contributed by atoms with Gasteiger partial charge in [0.05, 0.1) is 17.5 Å². The van der Waals surface area contributed by atoms with Crippen LogP contribution in [0.25, 0.3) is 11.3 Å². The van der Waals surface area contributed by atoms with E-state index in [0.717, 1.165) is 11.3 Å². The Kier molecular flexibility index (Phi) is 1.81. The molecule has 62 valence electrons. The summed E-state index contributed by atoms with van der Waals surface area (Å²) in [5.41, 5.74) is 2.34. The summed E-state index contributed by atoms with van der Waals surface area (Å²) in [7, 11) is 0. The topological polar surface area (TPSA) is 52.5 Å². The lowest BCUT2D eigenvalue weighted by molar-refractivity contribution is 1.10. The van der Waals surface area contributed by atoms with E-state index in [9.17, 15) is 0 Å². The van der Waals surface area contributed by atoms with Gasteiger partial charge in [0.1, 0.15) is 6.07 Å². The van der Waals surface area contributed by atoms with Gasteiger partial charge in [-0.3, -0.25) is 5.10 Å². The Labute approximate surface area is 75.6 Å². The molecule has 1 heterocycles. The number of nitrogens with zero attached hydrogens (tertiary/aromatic N) is 2. The molecule has 2 rings (SSSR count). The smallest absolute Gasteiger partial charge is 0.103 e. The maximum absolute atomic E-state index is 8.76. The number of H-pyrrole nitrogens is 1. The van der Waals surface area contributed by atoms with Crippen molar-refractivity contribution in [2.75, 3.05) is 0 Å². The summed E-state index contributed by atoms with van der Waals surface area (Å²) in [4.78, 5) is 0. The largest absolute Gasteiger partial charge is 0.276 e. The number of rotatable bonds is 1. The fraction of sp³-hybridized carbons (Fsp3) is 0. The van der Waals surface area contributed by atoms with Gasteiger partial charge in [0.15, 0.2) is 0 Å². The molecule has 1 aromatic carbocycles. The van der Waals surface area contributed by atoms with Crippen molar-refractivity contribution in [3.8, 4) is 17.3 Å². The molecule has 0 aliphatic heterocycles. The second-order valence-electron chi connectivity index (χ2n) is 2.64. The number of nitrogens with one attached hydrogen (secondary N) is 1. The Bertz CT molecular complexity index is 437. The first-order valence-electron chi connectivity index (χ1n) is 3.90. The zero-order valence-electron chi connectivity index (χ0n) is 6.86. The summed E-state index contributed by atoms with van der Waals surface area (Å²) >= 11 is 0. The molecule has 0 atom stereocenters. The van der Waals surface area contributed by atoms with Crippen molar-refractivity contribution in [1.29, 1.82) is 5.26 Å². The van der Waals surface area contributed by atoms with E-state index in [2.05, 4.69) is 16.3 Å². The highest BCUT2D eigenvalue weighted by molar-refractivity contribution is 5.65. The molecule has 0 unspecified atom stereocenters. The monoisotopic (exact) mass is 169 g/mol. The number of aromatic nitrogens is 2. The average molecular weight is 169 g/mol. The van der Waals surface area contributed by atoms with Crippen molar-refractivity contribution in [2.24, 2.45) is 0 Å². The van der Waals surface area contributed by atoms with E-state index in [-0.39, 0.29) is 0 Å². The minimum Gasteiger partial charge on any atom is -0.276 e. The molecule has 0 aliphatic carbocycles. The van der Waals surface area contributed by atoms with E-state index in [4.69, 9.17) is 5.26 Å². The Morgan fingerprint density at radius 2 is 2.00 bits per heavy atom. The van der Waals surface area contributed by atoms with Crippen LogP contribution in [0.5, 0.6) is 0 Å². The second-order valence-corrected chi connectivity index (χ2v) is 2.64. The lowest BCUT2D eigenvalue weighted by Gasteiger charge is -1.95. The molecule has 3 heteroatoms. The van der Waals surface area contributed by atoms with Gasteiger partial charge >= 0.3 is 0 Å². The molecule has 1 N–H and O–H groups in total. The van der Waals surface area contributed by atoms with Crippen molar-refractivity contribution in [3.63, 3.8) is 0 Å². The number of nitriles is 1. The first-order chi connectivity index (χ1) is 6.42. The van der Waals surface area contributed by atoms with E-state index in [1.54, 1.807) is 0 Å². The molecule has 13 heavy (non-hydrogen) atoms. The van der Waals surface area contributed by atoms with Gasteiger partial charge in [0, 0.05) is 5.56 Å². The molecule has 0 radical (unpaired) electrons. The highest BCUT2D eigenvalue weighted by Gasteiger charge is 2.04. The van der Waals surface area contributed by atoms with Crippen molar-refractivity contribution in [2.45, 2.75) is 0 Å². The quantitative estimate of drug-likeness (QED) is 0.709. The average Bonchev–Trinajstić information content (AvgIpc) is 2.67. The third-order valence-corrected chi connectivity index (χ3v) is 1.82. The molecule has 0 saturated carbocycles. The van der Waals surface area contributed by atoms with Gasteiger partial charge in [-0.15, -0.1) is 0 Å². The Balaban J connectivity index is 2.54. The molecule has 1 aromatic heterocycles. The molecule has 0 aliphatic rings. The first kappa shape index (κ1) is 7.56. The lowest BCUT2D eigenvalue weighted by atomic mass is 10.1. The Morgan fingerprint density at radius 1 is 1.23 bits per heavy atom. The van der Waals surface area contributed by atoms with Crippen LogP contribution >= 0.6 is 0 Å². The minimum atomic E-state index is 0.575. The summed E-state index contributed by atoms with van der Waals surface area (Å²) in [5, 5.41) is 15.4. The van der Waals surface area contributed by atoms with Crippen molar-refractivity contribution in [3.05, 3.63) is 42.1 Å². The van der Waals surface area contributed by atoms with Gasteiger partial charge in [-0.05, 0) is 0 Å². The summed E-state index contributed by atoms with van der Waals surface area (Å²) in [6.07, 6.45) is 1.53. The fourth-order valence-corrected chi connectivity index (χ4v) is 1.20. The third kappa shape index (κ3) is 1.30. The van der Waals surface area contributed by atoms with Crippen LogP contribution in [-0.4, -0.2) is 10.2 Å². The van der Waals surface area contributed by atoms with Crippen LogP contribution in [0.15, 0.2) is 36.5 Å². The Morgan fingerprint density at radius 3 is 2.69 bits per heavy atom. The van der Waals surface area contributed by atoms with Crippen LogP contribution in [-0.2, 0) is 0 Å². The van der Waals surface area contributed by atoms with E-state index >= 15 is 0 Å². The van der Waals surface area contributed by atoms with Gasteiger partial charge < -0.3 is 0 Å².